The number of benzene rings is 2. The van der Waals surface area contributed by atoms with Crippen LogP contribution in [0.3, 0.4) is 0 Å². The van der Waals surface area contributed by atoms with Crippen molar-refractivity contribution in [3.63, 3.8) is 0 Å². The summed E-state index contributed by atoms with van der Waals surface area (Å²) in [6, 6.07) is 14.2. The SMILES string of the molecule is COc1ccc(CCNc2ccc(C(N)=S)c(C)c2)cc1. The van der Waals surface area contributed by atoms with E-state index in [2.05, 4.69) is 23.5 Å². The Labute approximate surface area is 131 Å². The lowest BCUT2D eigenvalue weighted by Crippen LogP contribution is -2.12. The van der Waals surface area contributed by atoms with E-state index in [4.69, 9.17) is 22.7 Å². The van der Waals surface area contributed by atoms with Gasteiger partial charge in [-0.25, -0.2) is 0 Å². The van der Waals surface area contributed by atoms with E-state index in [1.54, 1.807) is 7.11 Å². The van der Waals surface area contributed by atoms with Crippen molar-refractivity contribution in [2.45, 2.75) is 13.3 Å². The maximum absolute atomic E-state index is 5.67. The normalized spacial score (nSPS) is 10.2. The maximum atomic E-state index is 5.67. The van der Waals surface area contributed by atoms with E-state index in [1.165, 1.54) is 5.56 Å². The van der Waals surface area contributed by atoms with Crippen molar-refractivity contribution in [2.24, 2.45) is 5.73 Å². The Hall–Kier alpha value is -2.07. The fourth-order valence-corrected chi connectivity index (χ4v) is 2.42. The quantitative estimate of drug-likeness (QED) is 0.804. The Morgan fingerprint density at radius 3 is 2.48 bits per heavy atom. The number of rotatable bonds is 6. The minimum atomic E-state index is 0.442. The predicted molar refractivity (Wildman–Crippen MR) is 92.3 cm³/mol. The van der Waals surface area contributed by atoms with Crippen molar-refractivity contribution >= 4 is 22.9 Å². The number of hydrogen-bond donors (Lipinski definition) is 2. The first-order chi connectivity index (χ1) is 10.1. The molecule has 110 valence electrons. The summed E-state index contributed by atoms with van der Waals surface area (Å²) in [5.41, 5.74) is 10.1. The van der Waals surface area contributed by atoms with Crippen molar-refractivity contribution in [1.82, 2.24) is 0 Å². The van der Waals surface area contributed by atoms with Gasteiger partial charge in [0.25, 0.3) is 0 Å². The summed E-state index contributed by atoms with van der Waals surface area (Å²) < 4.78 is 5.15. The molecule has 0 aliphatic rings. The molecule has 0 amide bonds. The zero-order valence-electron chi connectivity index (χ0n) is 12.3. The maximum Gasteiger partial charge on any atom is 0.118 e. The molecule has 0 heterocycles. The first-order valence-electron chi connectivity index (χ1n) is 6.87. The van der Waals surface area contributed by atoms with Gasteiger partial charge in [-0.3, -0.25) is 0 Å². The van der Waals surface area contributed by atoms with E-state index in [9.17, 15) is 0 Å². The molecule has 0 aliphatic heterocycles. The van der Waals surface area contributed by atoms with Crippen molar-refractivity contribution < 1.29 is 4.74 Å². The van der Waals surface area contributed by atoms with Gasteiger partial charge in [0.1, 0.15) is 10.7 Å². The van der Waals surface area contributed by atoms with Crippen LogP contribution in [0.25, 0.3) is 0 Å². The minimum absolute atomic E-state index is 0.442. The van der Waals surface area contributed by atoms with E-state index < -0.39 is 0 Å². The number of nitrogens with one attached hydrogen (secondary N) is 1. The third-order valence-electron chi connectivity index (χ3n) is 3.39. The van der Waals surface area contributed by atoms with E-state index in [-0.39, 0.29) is 0 Å². The Morgan fingerprint density at radius 2 is 1.90 bits per heavy atom. The monoisotopic (exact) mass is 300 g/mol. The van der Waals surface area contributed by atoms with Crippen LogP contribution in [-0.2, 0) is 6.42 Å². The molecule has 2 aromatic carbocycles. The topological polar surface area (TPSA) is 47.3 Å². The lowest BCUT2D eigenvalue weighted by Gasteiger charge is -2.10. The Kier molecular flexibility index (Phi) is 5.17. The fourth-order valence-electron chi connectivity index (χ4n) is 2.19. The Balaban J connectivity index is 1.91. The molecule has 0 atom stereocenters. The van der Waals surface area contributed by atoms with E-state index in [0.29, 0.717) is 4.99 Å². The number of thiocarbonyl (C=S) groups is 1. The van der Waals surface area contributed by atoms with Crippen LogP contribution in [0.5, 0.6) is 5.75 Å². The van der Waals surface area contributed by atoms with Gasteiger partial charge in [-0.05, 0) is 54.8 Å². The van der Waals surface area contributed by atoms with Crippen LogP contribution in [0.4, 0.5) is 5.69 Å². The lowest BCUT2D eigenvalue weighted by atomic mass is 10.1. The second-order valence-electron chi connectivity index (χ2n) is 4.92. The highest BCUT2D eigenvalue weighted by molar-refractivity contribution is 7.80. The van der Waals surface area contributed by atoms with Crippen LogP contribution in [0.2, 0.25) is 0 Å². The molecule has 0 bridgehead atoms. The smallest absolute Gasteiger partial charge is 0.118 e. The fraction of sp³-hybridized carbons (Fsp3) is 0.235. The van der Waals surface area contributed by atoms with E-state index in [0.717, 1.165) is 35.5 Å². The average molecular weight is 300 g/mol. The first-order valence-corrected chi connectivity index (χ1v) is 7.28. The summed E-state index contributed by atoms with van der Waals surface area (Å²) in [4.78, 5) is 0.442. The minimum Gasteiger partial charge on any atom is -0.497 e. The molecule has 2 aromatic rings. The van der Waals surface area contributed by atoms with Gasteiger partial charge in [-0.2, -0.15) is 0 Å². The number of nitrogens with two attached hydrogens (primary N) is 1. The van der Waals surface area contributed by atoms with Crippen LogP contribution in [0.15, 0.2) is 42.5 Å². The van der Waals surface area contributed by atoms with Gasteiger partial charge in [0, 0.05) is 17.8 Å². The van der Waals surface area contributed by atoms with Crippen LogP contribution < -0.4 is 15.8 Å². The van der Waals surface area contributed by atoms with E-state index in [1.807, 2.05) is 31.2 Å². The number of hydrogen-bond acceptors (Lipinski definition) is 3. The summed E-state index contributed by atoms with van der Waals surface area (Å²) in [5.74, 6) is 0.885. The highest BCUT2D eigenvalue weighted by atomic mass is 32.1. The van der Waals surface area contributed by atoms with Crippen LogP contribution in [0, 0.1) is 6.92 Å². The summed E-state index contributed by atoms with van der Waals surface area (Å²) >= 11 is 5.01. The summed E-state index contributed by atoms with van der Waals surface area (Å²) in [6.07, 6.45) is 0.958. The molecule has 0 unspecified atom stereocenters. The Morgan fingerprint density at radius 1 is 1.19 bits per heavy atom. The number of methoxy groups -OCH3 is 1. The predicted octanol–water partition coefficient (Wildman–Crippen LogP) is 3.29. The molecular weight excluding hydrogens is 280 g/mol. The van der Waals surface area contributed by atoms with Gasteiger partial charge in [0.05, 0.1) is 7.11 Å². The van der Waals surface area contributed by atoms with Gasteiger partial charge in [-0.1, -0.05) is 24.4 Å². The zero-order valence-corrected chi connectivity index (χ0v) is 13.2. The van der Waals surface area contributed by atoms with Crippen molar-refractivity contribution in [2.75, 3.05) is 19.0 Å². The second kappa shape index (κ2) is 7.09. The summed E-state index contributed by atoms with van der Waals surface area (Å²) in [5, 5.41) is 3.41. The number of anilines is 1. The summed E-state index contributed by atoms with van der Waals surface area (Å²) in [6.45, 7) is 2.89. The van der Waals surface area contributed by atoms with Crippen molar-refractivity contribution in [3.05, 3.63) is 59.2 Å². The van der Waals surface area contributed by atoms with E-state index >= 15 is 0 Å². The highest BCUT2D eigenvalue weighted by Crippen LogP contribution is 2.16. The first kappa shape index (κ1) is 15.3. The van der Waals surface area contributed by atoms with Gasteiger partial charge < -0.3 is 15.8 Å². The largest absolute Gasteiger partial charge is 0.497 e. The second-order valence-corrected chi connectivity index (χ2v) is 5.36. The average Bonchev–Trinajstić information content (AvgIpc) is 2.47. The molecule has 3 N–H and O–H groups in total. The molecule has 0 aliphatic carbocycles. The molecule has 0 radical (unpaired) electrons. The molecule has 4 heteroatoms. The molecule has 21 heavy (non-hydrogen) atoms. The van der Waals surface area contributed by atoms with Gasteiger partial charge in [0.15, 0.2) is 0 Å². The Bertz CT molecular complexity index is 623. The molecule has 0 saturated heterocycles. The molecule has 0 saturated carbocycles. The van der Waals surface area contributed by atoms with Crippen LogP contribution in [-0.4, -0.2) is 18.6 Å². The third-order valence-corrected chi connectivity index (χ3v) is 3.61. The van der Waals surface area contributed by atoms with Gasteiger partial charge >= 0.3 is 0 Å². The van der Waals surface area contributed by atoms with Crippen LogP contribution in [0.1, 0.15) is 16.7 Å². The van der Waals surface area contributed by atoms with Gasteiger partial charge in [-0.15, -0.1) is 0 Å². The molecule has 2 rings (SSSR count). The molecule has 0 spiro atoms. The molecule has 0 aromatic heterocycles. The standard InChI is InChI=1S/C17H20N2OS/c1-12-11-14(5-8-16(12)17(18)21)19-10-9-13-3-6-15(20-2)7-4-13/h3-8,11,19H,9-10H2,1-2H3,(H2,18,21). The third kappa shape index (κ3) is 4.20. The van der Waals surface area contributed by atoms with Crippen molar-refractivity contribution in [3.8, 4) is 5.75 Å². The molecule has 0 fully saturated rings. The van der Waals surface area contributed by atoms with Crippen molar-refractivity contribution in [1.29, 1.82) is 0 Å². The zero-order chi connectivity index (χ0) is 15.2. The summed E-state index contributed by atoms with van der Waals surface area (Å²) in [7, 11) is 1.68. The number of ether oxygens (including phenoxy) is 1. The van der Waals surface area contributed by atoms with Crippen LogP contribution >= 0.6 is 12.2 Å². The van der Waals surface area contributed by atoms with Gasteiger partial charge in [0.2, 0.25) is 0 Å². The molecule has 3 nitrogen and oxygen atoms in total. The number of aryl methyl sites for hydroxylation is 1. The highest BCUT2D eigenvalue weighted by Gasteiger charge is 2.02. The lowest BCUT2D eigenvalue weighted by molar-refractivity contribution is 0.414. The molecular formula is C17H20N2OS.